The molecule has 19 heavy (non-hydrogen) atoms. The predicted octanol–water partition coefficient (Wildman–Crippen LogP) is 3.91. The number of rotatable bonds is 11. The highest BCUT2D eigenvalue weighted by Gasteiger charge is 2.29. The highest BCUT2D eigenvalue weighted by atomic mass is 15.1. The fourth-order valence-corrected chi connectivity index (χ4v) is 3.13. The van der Waals surface area contributed by atoms with Crippen LogP contribution in [0, 0.1) is 11.3 Å². The van der Waals surface area contributed by atoms with Crippen molar-refractivity contribution in [2.24, 2.45) is 11.3 Å². The molecular weight excluding hydrogens is 232 g/mol. The largest absolute Gasteiger partial charge is 0.316 e. The molecule has 0 aromatic carbocycles. The Morgan fingerprint density at radius 3 is 2.21 bits per heavy atom. The van der Waals surface area contributed by atoms with E-state index in [1.165, 1.54) is 64.7 Å². The normalized spacial score (nSPS) is 16.9. The number of hydrogen-bond donors (Lipinski definition) is 1. The molecule has 114 valence electrons. The third-order valence-corrected chi connectivity index (χ3v) is 5.17. The van der Waals surface area contributed by atoms with Crippen LogP contribution < -0.4 is 5.32 Å². The minimum absolute atomic E-state index is 0.481. The smallest absolute Gasteiger partial charge is 0.00499 e. The molecular formula is C17H36N2. The van der Waals surface area contributed by atoms with Crippen LogP contribution in [-0.4, -0.2) is 37.6 Å². The lowest BCUT2D eigenvalue weighted by Crippen LogP contribution is -2.45. The highest BCUT2D eigenvalue weighted by Crippen LogP contribution is 2.31. The van der Waals surface area contributed by atoms with Crippen LogP contribution in [0.5, 0.6) is 0 Å². The van der Waals surface area contributed by atoms with Gasteiger partial charge < -0.3 is 10.2 Å². The Morgan fingerprint density at radius 1 is 1.11 bits per heavy atom. The Bertz CT molecular complexity index is 219. The Morgan fingerprint density at radius 2 is 1.79 bits per heavy atom. The first kappa shape index (κ1) is 17.0. The Labute approximate surface area is 121 Å². The topological polar surface area (TPSA) is 15.3 Å². The van der Waals surface area contributed by atoms with Crippen molar-refractivity contribution in [1.29, 1.82) is 0 Å². The van der Waals surface area contributed by atoms with Gasteiger partial charge >= 0.3 is 0 Å². The summed E-state index contributed by atoms with van der Waals surface area (Å²) in [6.07, 6.45) is 8.23. The summed E-state index contributed by atoms with van der Waals surface area (Å²) in [7, 11) is 0. The molecule has 0 spiro atoms. The van der Waals surface area contributed by atoms with Crippen LogP contribution in [0.2, 0.25) is 0 Å². The minimum Gasteiger partial charge on any atom is -0.316 e. The van der Waals surface area contributed by atoms with Gasteiger partial charge in [0.1, 0.15) is 0 Å². The molecule has 0 saturated heterocycles. The van der Waals surface area contributed by atoms with E-state index in [9.17, 15) is 0 Å². The summed E-state index contributed by atoms with van der Waals surface area (Å²) in [5.74, 6) is 0.995. The van der Waals surface area contributed by atoms with E-state index in [1.807, 2.05) is 0 Å². The third kappa shape index (κ3) is 5.43. The molecule has 0 amide bonds. The monoisotopic (exact) mass is 268 g/mol. The van der Waals surface area contributed by atoms with E-state index in [0.29, 0.717) is 5.41 Å². The van der Waals surface area contributed by atoms with Crippen molar-refractivity contribution < 1.29 is 0 Å². The van der Waals surface area contributed by atoms with E-state index in [-0.39, 0.29) is 0 Å². The van der Waals surface area contributed by atoms with Gasteiger partial charge in [0.15, 0.2) is 0 Å². The molecule has 1 rings (SSSR count). The van der Waals surface area contributed by atoms with Gasteiger partial charge in [-0.2, -0.15) is 0 Å². The molecule has 0 bridgehead atoms. The van der Waals surface area contributed by atoms with Gasteiger partial charge in [-0.25, -0.2) is 0 Å². The molecule has 0 aliphatic heterocycles. The van der Waals surface area contributed by atoms with Crippen molar-refractivity contribution in [2.45, 2.75) is 66.2 Å². The summed E-state index contributed by atoms with van der Waals surface area (Å²) in [5.41, 5.74) is 0.481. The summed E-state index contributed by atoms with van der Waals surface area (Å²) < 4.78 is 0. The minimum atomic E-state index is 0.481. The zero-order valence-corrected chi connectivity index (χ0v) is 13.8. The predicted molar refractivity (Wildman–Crippen MR) is 85.6 cm³/mol. The molecule has 0 unspecified atom stereocenters. The van der Waals surface area contributed by atoms with E-state index < -0.39 is 0 Å². The second-order valence-corrected chi connectivity index (χ2v) is 6.51. The van der Waals surface area contributed by atoms with Gasteiger partial charge in [0, 0.05) is 19.6 Å². The lowest BCUT2D eigenvalue weighted by Gasteiger charge is -2.40. The number of nitrogens with one attached hydrogen (secondary N) is 1. The molecule has 1 saturated carbocycles. The van der Waals surface area contributed by atoms with Crippen LogP contribution in [0.1, 0.15) is 66.2 Å². The fraction of sp³-hybridized carbons (Fsp3) is 1.00. The van der Waals surface area contributed by atoms with Crippen molar-refractivity contribution >= 4 is 0 Å². The molecule has 1 aliphatic carbocycles. The number of hydrogen-bond acceptors (Lipinski definition) is 2. The molecule has 1 aliphatic rings. The average molecular weight is 268 g/mol. The van der Waals surface area contributed by atoms with Gasteiger partial charge in [-0.3, -0.25) is 0 Å². The molecule has 0 heterocycles. The van der Waals surface area contributed by atoms with Crippen molar-refractivity contribution in [2.75, 3.05) is 32.7 Å². The molecule has 2 heteroatoms. The zero-order valence-electron chi connectivity index (χ0n) is 13.8. The summed E-state index contributed by atoms with van der Waals surface area (Å²) in [6, 6.07) is 0. The lowest BCUT2D eigenvalue weighted by atomic mass is 9.80. The second kappa shape index (κ2) is 8.97. The van der Waals surface area contributed by atoms with Crippen LogP contribution in [0.3, 0.4) is 0 Å². The zero-order chi connectivity index (χ0) is 14.1. The van der Waals surface area contributed by atoms with E-state index in [4.69, 9.17) is 0 Å². The second-order valence-electron chi connectivity index (χ2n) is 6.51. The number of nitrogens with zero attached hydrogens (tertiary/aromatic N) is 1. The maximum Gasteiger partial charge on any atom is 0.00499 e. The molecule has 0 radical (unpaired) electrons. The highest BCUT2D eigenvalue weighted by molar-refractivity contribution is 4.84. The van der Waals surface area contributed by atoms with Crippen LogP contribution >= 0.6 is 0 Å². The molecule has 1 fully saturated rings. The van der Waals surface area contributed by atoms with Gasteiger partial charge in [-0.1, -0.05) is 34.1 Å². The van der Waals surface area contributed by atoms with Gasteiger partial charge in [0.2, 0.25) is 0 Å². The van der Waals surface area contributed by atoms with Crippen LogP contribution in [0.25, 0.3) is 0 Å². The summed E-state index contributed by atoms with van der Waals surface area (Å²) >= 11 is 0. The molecule has 2 nitrogen and oxygen atoms in total. The maximum atomic E-state index is 3.66. The summed E-state index contributed by atoms with van der Waals surface area (Å²) in [6.45, 7) is 15.5. The van der Waals surface area contributed by atoms with E-state index >= 15 is 0 Å². The Kier molecular flexibility index (Phi) is 8.01. The van der Waals surface area contributed by atoms with Crippen LogP contribution in [0.15, 0.2) is 0 Å². The first-order chi connectivity index (χ1) is 9.19. The van der Waals surface area contributed by atoms with Crippen LogP contribution in [-0.2, 0) is 0 Å². The van der Waals surface area contributed by atoms with Gasteiger partial charge in [-0.15, -0.1) is 0 Å². The summed E-state index contributed by atoms with van der Waals surface area (Å²) in [4.78, 5) is 2.71. The molecule has 0 aromatic rings. The molecule has 1 N–H and O–H groups in total. The van der Waals surface area contributed by atoms with Crippen molar-refractivity contribution in [3.63, 3.8) is 0 Å². The summed E-state index contributed by atoms with van der Waals surface area (Å²) in [5, 5.41) is 3.66. The van der Waals surface area contributed by atoms with Crippen molar-refractivity contribution in [1.82, 2.24) is 10.2 Å². The maximum absolute atomic E-state index is 3.66. The van der Waals surface area contributed by atoms with E-state index in [2.05, 4.69) is 37.9 Å². The fourth-order valence-electron chi connectivity index (χ4n) is 3.13. The quantitative estimate of drug-likeness (QED) is 0.571. The Hall–Kier alpha value is -0.0800. The standard InChI is InChI=1S/C17H36N2/c1-5-12-18-14-17(6-2,7-3)15-19(8-4)13-16-10-9-11-16/h16,18H,5-15H2,1-4H3. The average Bonchev–Trinajstić information content (AvgIpc) is 2.40. The van der Waals surface area contributed by atoms with Gasteiger partial charge in [0.25, 0.3) is 0 Å². The lowest BCUT2D eigenvalue weighted by molar-refractivity contribution is 0.106. The first-order valence-corrected chi connectivity index (χ1v) is 8.62. The van der Waals surface area contributed by atoms with Crippen molar-refractivity contribution in [3.8, 4) is 0 Å². The van der Waals surface area contributed by atoms with Gasteiger partial charge in [-0.05, 0) is 56.5 Å². The van der Waals surface area contributed by atoms with Gasteiger partial charge in [0.05, 0.1) is 0 Å². The Balaban J connectivity index is 2.47. The van der Waals surface area contributed by atoms with E-state index in [0.717, 1.165) is 12.5 Å². The molecule has 0 atom stereocenters. The van der Waals surface area contributed by atoms with Crippen molar-refractivity contribution in [3.05, 3.63) is 0 Å². The molecule has 0 aromatic heterocycles. The third-order valence-electron chi connectivity index (χ3n) is 5.17. The van der Waals surface area contributed by atoms with E-state index in [1.54, 1.807) is 0 Å². The first-order valence-electron chi connectivity index (χ1n) is 8.62. The van der Waals surface area contributed by atoms with Crippen LogP contribution in [0.4, 0.5) is 0 Å². The SMILES string of the molecule is CCCNCC(CC)(CC)CN(CC)CC1CCC1.